The molecule has 118 valence electrons. The van der Waals surface area contributed by atoms with Gasteiger partial charge in [0, 0.05) is 0 Å². The van der Waals surface area contributed by atoms with E-state index in [0.717, 1.165) is 0 Å². The summed E-state index contributed by atoms with van der Waals surface area (Å²) in [4.78, 5) is 0. The maximum Gasteiger partial charge on any atom is 0.417 e. The predicted octanol–water partition coefficient (Wildman–Crippen LogP) is 2.95. The summed E-state index contributed by atoms with van der Waals surface area (Å²) in [6.45, 7) is 0. The van der Waals surface area contributed by atoms with E-state index in [4.69, 9.17) is 16.4 Å². The van der Waals surface area contributed by atoms with Crippen LogP contribution in [0.2, 0.25) is 0 Å². The van der Waals surface area contributed by atoms with Crippen LogP contribution in [0.15, 0.2) is 23.3 Å². The molecule has 22 heavy (non-hydrogen) atoms. The van der Waals surface area contributed by atoms with E-state index in [0.29, 0.717) is 6.07 Å². The summed E-state index contributed by atoms with van der Waals surface area (Å²) in [5, 5.41) is 18.7. The molecule has 0 aromatic heterocycles. The van der Waals surface area contributed by atoms with Crippen molar-refractivity contribution in [2.24, 2.45) is 10.8 Å². The number of benzene rings is 1. The summed E-state index contributed by atoms with van der Waals surface area (Å²) in [6, 6.07) is 2.53. The van der Waals surface area contributed by atoms with Gasteiger partial charge in [-0.1, -0.05) is 0 Å². The third kappa shape index (κ3) is 4.11. The first kappa shape index (κ1) is 17.3. The minimum Gasteiger partial charge on any atom is -0.382 e. The second kappa shape index (κ2) is 5.92. The molecule has 0 unspecified atom stereocenters. The third-order valence-corrected chi connectivity index (χ3v) is 2.29. The average Bonchev–Trinajstić information content (AvgIpc) is 2.36. The molecular formula is C11H7F6N5. The lowest BCUT2D eigenvalue weighted by Crippen LogP contribution is -2.22. The van der Waals surface area contributed by atoms with E-state index in [9.17, 15) is 26.3 Å². The van der Waals surface area contributed by atoms with Gasteiger partial charge in [-0.2, -0.15) is 36.7 Å². The van der Waals surface area contributed by atoms with Gasteiger partial charge >= 0.3 is 12.4 Å². The highest BCUT2D eigenvalue weighted by Gasteiger charge is 2.43. The first-order valence-electron chi connectivity index (χ1n) is 5.33. The molecule has 11 heteroatoms. The van der Waals surface area contributed by atoms with Gasteiger partial charge in [0.25, 0.3) is 0 Å². The van der Waals surface area contributed by atoms with Crippen LogP contribution in [0.4, 0.5) is 32.0 Å². The van der Waals surface area contributed by atoms with Gasteiger partial charge in [0.15, 0.2) is 5.84 Å². The van der Waals surface area contributed by atoms with Crippen molar-refractivity contribution >= 4 is 17.2 Å². The Bertz CT molecular complexity index is 652. The zero-order valence-electron chi connectivity index (χ0n) is 10.5. The number of nitrogens with zero attached hydrogens (tertiary/aromatic N) is 2. The Morgan fingerprint density at radius 1 is 1.14 bits per heavy atom. The Balaban J connectivity index is 3.28. The lowest BCUT2D eigenvalue weighted by atomic mass is 10.1. The highest BCUT2D eigenvalue weighted by molar-refractivity contribution is 6.45. The van der Waals surface area contributed by atoms with Crippen molar-refractivity contribution in [2.45, 2.75) is 12.4 Å². The molecule has 0 aliphatic carbocycles. The van der Waals surface area contributed by atoms with Crippen molar-refractivity contribution in [3.05, 3.63) is 29.3 Å². The standard InChI is InChI=1S/C11H7F6N5/c12-10(13,14)6-2-1-5(3-7(6)11(15,16)17)21-22-8(4-18)9(19)20/h1-3,21H,(H3,19,20)/b22-8+. The maximum absolute atomic E-state index is 12.7. The largest absolute Gasteiger partial charge is 0.417 e. The first-order chi connectivity index (χ1) is 9.96. The van der Waals surface area contributed by atoms with Crippen LogP contribution in [-0.2, 0) is 12.4 Å². The van der Waals surface area contributed by atoms with E-state index in [2.05, 4.69) is 5.10 Å². The van der Waals surface area contributed by atoms with Crippen molar-refractivity contribution in [3.8, 4) is 6.07 Å². The number of nitrogens with two attached hydrogens (primary N) is 1. The van der Waals surface area contributed by atoms with Crippen molar-refractivity contribution < 1.29 is 26.3 Å². The SMILES string of the molecule is N#C/C(=N\Nc1ccc(C(F)(F)F)c(C(F)(F)F)c1)C(=N)N. The zero-order chi connectivity index (χ0) is 17.1. The smallest absolute Gasteiger partial charge is 0.382 e. The minimum absolute atomic E-state index is 0.196. The number of nitrogens with one attached hydrogen (secondary N) is 2. The number of nitriles is 1. The van der Waals surface area contributed by atoms with E-state index in [1.165, 1.54) is 6.07 Å². The molecule has 4 N–H and O–H groups in total. The van der Waals surface area contributed by atoms with E-state index >= 15 is 0 Å². The Labute approximate surface area is 119 Å². The van der Waals surface area contributed by atoms with Crippen LogP contribution >= 0.6 is 0 Å². The Morgan fingerprint density at radius 3 is 2.09 bits per heavy atom. The molecule has 5 nitrogen and oxygen atoms in total. The summed E-state index contributed by atoms with van der Waals surface area (Å²) < 4.78 is 75.7. The summed E-state index contributed by atoms with van der Waals surface area (Å²) in [5.41, 5.74) is 2.07. The predicted molar refractivity (Wildman–Crippen MR) is 65.0 cm³/mol. The molecule has 1 aromatic carbocycles. The first-order valence-corrected chi connectivity index (χ1v) is 5.33. The summed E-state index contributed by atoms with van der Waals surface area (Å²) in [6.07, 6.45) is -10.4. The van der Waals surface area contributed by atoms with Gasteiger partial charge in [0.1, 0.15) is 6.07 Å². The molecule has 0 saturated heterocycles. The second-order valence-corrected chi connectivity index (χ2v) is 3.85. The highest BCUT2D eigenvalue weighted by atomic mass is 19.4. The Morgan fingerprint density at radius 2 is 1.68 bits per heavy atom. The lowest BCUT2D eigenvalue weighted by Gasteiger charge is -2.16. The molecule has 0 radical (unpaired) electrons. The fraction of sp³-hybridized carbons (Fsp3) is 0.182. The molecule has 0 aliphatic rings. The number of halogens is 6. The van der Waals surface area contributed by atoms with Crippen LogP contribution in [0, 0.1) is 16.7 Å². The highest BCUT2D eigenvalue weighted by Crippen LogP contribution is 2.41. The molecule has 0 spiro atoms. The van der Waals surface area contributed by atoms with Crippen LogP contribution in [0.1, 0.15) is 11.1 Å². The van der Waals surface area contributed by atoms with Gasteiger partial charge in [0.05, 0.1) is 16.8 Å². The van der Waals surface area contributed by atoms with E-state index in [1.54, 1.807) is 0 Å². The van der Waals surface area contributed by atoms with Gasteiger partial charge in [0.2, 0.25) is 5.71 Å². The minimum atomic E-state index is -5.23. The number of rotatable bonds is 3. The van der Waals surface area contributed by atoms with E-state index < -0.39 is 40.7 Å². The number of hydrogen-bond donors (Lipinski definition) is 3. The van der Waals surface area contributed by atoms with Crippen LogP contribution in [0.25, 0.3) is 0 Å². The number of hydrazone groups is 1. The van der Waals surface area contributed by atoms with Gasteiger partial charge in [-0.15, -0.1) is 0 Å². The summed E-state index contributed by atoms with van der Waals surface area (Å²) in [5.74, 6) is -0.752. The third-order valence-electron chi connectivity index (χ3n) is 2.29. The molecule has 0 fully saturated rings. The zero-order valence-corrected chi connectivity index (χ0v) is 10.5. The summed E-state index contributed by atoms with van der Waals surface area (Å²) >= 11 is 0. The second-order valence-electron chi connectivity index (χ2n) is 3.85. The quantitative estimate of drug-likeness (QED) is 0.345. The number of amidine groups is 1. The molecular weight excluding hydrogens is 316 g/mol. The molecule has 0 bridgehead atoms. The lowest BCUT2D eigenvalue weighted by molar-refractivity contribution is -0.162. The normalized spacial score (nSPS) is 12.7. The van der Waals surface area contributed by atoms with Crippen LogP contribution in [-0.4, -0.2) is 11.5 Å². The maximum atomic E-state index is 12.7. The van der Waals surface area contributed by atoms with Crippen LogP contribution < -0.4 is 11.2 Å². The van der Waals surface area contributed by atoms with Gasteiger partial charge in [-0.25, -0.2) is 0 Å². The van der Waals surface area contributed by atoms with E-state index in [1.807, 2.05) is 5.43 Å². The van der Waals surface area contributed by atoms with Crippen molar-refractivity contribution in [1.29, 1.82) is 10.7 Å². The monoisotopic (exact) mass is 323 g/mol. The van der Waals surface area contributed by atoms with Crippen molar-refractivity contribution in [1.82, 2.24) is 0 Å². The molecule has 1 aromatic rings. The number of alkyl halides is 6. The van der Waals surface area contributed by atoms with Gasteiger partial charge in [-0.3, -0.25) is 10.8 Å². The number of hydrogen-bond acceptors (Lipinski definition) is 4. The summed E-state index contributed by atoms with van der Waals surface area (Å²) in [7, 11) is 0. The fourth-order valence-electron chi connectivity index (χ4n) is 1.36. The molecule has 0 atom stereocenters. The molecule has 0 saturated carbocycles. The average molecular weight is 323 g/mol. The molecule has 0 heterocycles. The van der Waals surface area contributed by atoms with Crippen LogP contribution in [0.5, 0.6) is 0 Å². The van der Waals surface area contributed by atoms with Gasteiger partial charge < -0.3 is 5.73 Å². The van der Waals surface area contributed by atoms with Gasteiger partial charge in [-0.05, 0) is 18.2 Å². The number of anilines is 1. The fourth-order valence-corrected chi connectivity index (χ4v) is 1.36. The molecule has 0 amide bonds. The Kier molecular flexibility index (Phi) is 4.65. The van der Waals surface area contributed by atoms with E-state index in [-0.39, 0.29) is 12.1 Å². The molecule has 1 rings (SSSR count). The topological polar surface area (TPSA) is 98.0 Å². The van der Waals surface area contributed by atoms with Crippen molar-refractivity contribution in [2.75, 3.05) is 5.43 Å². The van der Waals surface area contributed by atoms with Crippen LogP contribution in [0.3, 0.4) is 0 Å². The Hall–Kier alpha value is -2.77. The van der Waals surface area contributed by atoms with Crippen molar-refractivity contribution in [3.63, 3.8) is 0 Å². The molecule has 0 aliphatic heterocycles.